The van der Waals surface area contributed by atoms with Crippen LogP contribution in [0.3, 0.4) is 0 Å². The molecule has 2 fully saturated rings. The molecule has 156 valence electrons. The fourth-order valence-electron chi connectivity index (χ4n) is 4.52. The highest BCUT2D eigenvalue weighted by molar-refractivity contribution is 5.76. The van der Waals surface area contributed by atoms with Crippen LogP contribution in [0.25, 0.3) is 5.69 Å². The Labute approximate surface area is 174 Å². The third-order valence-corrected chi connectivity index (χ3v) is 6.37. The number of hydrogen-bond acceptors (Lipinski definition) is 4. The second-order valence-corrected chi connectivity index (χ2v) is 8.60. The predicted molar refractivity (Wildman–Crippen MR) is 115 cm³/mol. The molecule has 2 saturated heterocycles. The van der Waals surface area contributed by atoms with Gasteiger partial charge in [-0.05, 0) is 56.5 Å². The van der Waals surface area contributed by atoms with Gasteiger partial charge in [0.2, 0.25) is 5.91 Å². The zero-order chi connectivity index (χ0) is 20.1. The van der Waals surface area contributed by atoms with Crippen molar-refractivity contribution in [2.45, 2.75) is 32.2 Å². The zero-order valence-electron chi connectivity index (χ0n) is 17.5. The van der Waals surface area contributed by atoms with Crippen molar-refractivity contribution < 1.29 is 4.79 Å². The number of amides is 1. The first-order chi connectivity index (χ1) is 14.2. The molecule has 0 radical (unpaired) electrons. The Balaban J connectivity index is 1.23. The van der Waals surface area contributed by atoms with Crippen molar-refractivity contribution in [1.82, 2.24) is 24.3 Å². The second-order valence-electron chi connectivity index (χ2n) is 8.60. The van der Waals surface area contributed by atoms with Crippen molar-refractivity contribution in [3.8, 4) is 5.69 Å². The largest absolute Gasteiger partial charge is 0.340 e. The number of aromatic nitrogens is 2. The van der Waals surface area contributed by atoms with Gasteiger partial charge in [0.15, 0.2) is 0 Å². The van der Waals surface area contributed by atoms with Gasteiger partial charge in [-0.3, -0.25) is 9.69 Å². The summed E-state index contributed by atoms with van der Waals surface area (Å²) in [5.74, 6) is 0.996. The Morgan fingerprint density at radius 1 is 1.10 bits per heavy atom. The molecule has 6 heteroatoms. The van der Waals surface area contributed by atoms with Gasteiger partial charge in [-0.1, -0.05) is 12.1 Å². The highest BCUT2D eigenvalue weighted by atomic mass is 16.2. The summed E-state index contributed by atoms with van der Waals surface area (Å²) in [6.07, 6.45) is 9.83. The number of carbonyl (C=O) groups excluding carboxylic acids is 1. The summed E-state index contributed by atoms with van der Waals surface area (Å²) in [7, 11) is 2.13. The van der Waals surface area contributed by atoms with Crippen LogP contribution in [0.5, 0.6) is 0 Å². The van der Waals surface area contributed by atoms with E-state index in [1.807, 2.05) is 17.1 Å². The second kappa shape index (κ2) is 9.55. The lowest BCUT2D eigenvalue weighted by atomic mass is 9.92. The number of nitrogens with zero attached hydrogens (tertiary/aromatic N) is 5. The summed E-state index contributed by atoms with van der Waals surface area (Å²) >= 11 is 0. The van der Waals surface area contributed by atoms with E-state index in [0.717, 1.165) is 57.9 Å². The van der Waals surface area contributed by atoms with E-state index in [1.165, 1.54) is 18.4 Å². The van der Waals surface area contributed by atoms with Crippen LogP contribution < -0.4 is 0 Å². The van der Waals surface area contributed by atoms with Gasteiger partial charge in [0.05, 0.1) is 6.33 Å². The van der Waals surface area contributed by atoms with Crippen LogP contribution in [0.15, 0.2) is 43.0 Å². The summed E-state index contributed by atoms with van der Waals surface area (Å²) in [5, 5.41) is 0. The van der Waals surface area contributed by atoms with Gasteiger partial charge in [-0.15, -0.1) is 0 Å². The Morgan fingerprint density at radius 3 is 2.62 bits per heavy atom. The SMILES string of the molecule is CN1CCN(C(=O)CC[C@H]2CCCN(Cc3ccc(-n4ccnc4)cc3)C2)CC1. The van der Waals surface area contributed by atoms with Crippen LogP contribution >= 0.6 is 0 Å². The number of hydrogen-bond donors (Lipinski definition) is 0. The molecule has 0 spiro atoms. The predicted octanol–water partition coefficient (Wildman–Crippen LogP) is 2.64. The molecule has 4 rings (SSSR count). The van der Waals surface area contributed by atoms with E-state index < -0.39 is 0 Å². The molecule has 0 saturated carbocycles. The lowest BCUT2D eigenvalue weighted by Gasteiger charge is -2.34. The molecule has 3 heterocycles. The molecule has 1 atom stereocenters. The lowest BCUT2D eigenvalue weighted by molar-refractivity contribution is -0.133. The summed E-state index contributed by atoms with van der Waals surface area (Å²) in [6.45, 7) is 7.05. The number of rotatable bonds is 6. The van der Waals surface area contributed by atoms with Crippen molar-refractivity contribution in [3.05, 3.63) is 48.5 Å². The van der Waals surface area contributed by atoms with E-state index in [0.29, 0.717) is 18.2 Å². The Bertz CT molecular complexity index is 765. The summed E-state index contributed by atoms with van der Waals surface area (Å²) in [4.78, 5) is 23.6. The number of likely N-dealkylation sites (tertiary alicyclic amines) is 1. The average Bonchev–Trinajstić information content (AvgIpc) is 3.28. The van der Waals surface area contributed by atoms with Crippen LogP contribution in [0.1, 0.15) is 31.2 Å². The minimum atomic E-state index is 0.352. The van der Waals surface area contributed by atoms with Crippen molar-refractivity contribution in [1.29, 1.82) is 0 Å². The quantitative estimate of drug-likeness (QED) is 0.754. The van der Waals surface area contributed by atoms with Crippen LogP contribution in [-0.4, -0.2) is 76.5 Å². The lowest BCUT2D eigenvalue weighted by Crippen LogP contribution is -2.47. The standard InChI is InChI=1S/C23H33N5O/c1-25-13-15-27(16-14-25)23(29)9-6-20-3-2-11-26(17-20)18-21-4-7-22(8-5-21)28-12-10-24-19-28/h4-5,7-8,10,12,19-20H,2-3,6,9,11,13-18H2,1H3/t20-/m1/s1. The Kier molecular flexibility index (Phi) is 6.62. The van der Waals surface area contributed by atoms with Crippen LogP contribution in [0.4, 0.5) is 0 Å². The molecule has 0 aliphatic carbocycles. The molecule has 0 bridgehead atoms. The zero-order valence-corrected chi connectivity index (χ0v) is 17.5. The Hall–Kier alpha value is -2.18. The fourth-order valence-corrected chi connectivity index (χ4v) is 4.52. The molecule has 2 aliphatic rings. The average molecular weight is 396 g/mol. The number of likely N-dealkylation sites (N-methyl/N-ethyl adjacent to an activating group) is 1. The summed E-state index contributed by atoms with van der Waals surface area (Å²) in [6, 6.07) is 8.76. The van der Waals surface area contributed by atoms with Gasteiger partial charge in [0, 0.05) is 63.8 Å². The van der Waals surface area contributed by atoms with Gasteiger partial charge in [-0.2, -0.15) is 0 Å². The monoisotopic (exact) mass is 395 g/mol. The van der Waals surface area contributed by atoms with E-state index in [2.05, 4.69) is 51.0 Å². The maximum atomic E-state index is 12.5. The maximum absolute atomic E-state index is 12.5. The molecule has 1 aromatic heterocycles. The van der Waals surface area contributed by atoms with E-state index in [4.69, 9.17) is 0 Å². The normalized spacial score (nSPS) is 21.4. The maximum Gasteiger partial charge on any atom is 0.222 e. The van der Waals surface area contributed by atoms with Gasteiger partial charge >= 0.3 is 0 Å². The smallest absolute Gasteiger partial charge is 0.222 e. The minimum Gasteiger partial charge on any atom is -0.340 e. The fraction of sp³-hybridized carbons (Fsp3) is 0.565. The molecule has 1 amide bonds. The van der Waals surface area contributed by atoms with E-state index in [-0.39, 0.29) is 0 Å². The van der Waals surface area contributed by atoms with Crippen molar-refractivity contribution in [3.63, 3.8) is 0 Å². The van der Waals surface area contributed by atoms with E-state index in [9.17, 15) is 4.79 Å². The number of imidazole rings is 1. The number of piperidine rings is 1. The highest BCUT2D eigenvalue weighted by Gasteiger charge is 2.23. The van der Waals surface area contributed by atoms with Crippen molar-refractivity contribution >= 4 is 5.91 Å². The third-order valence-electron chi connectivity index (χ3n) is 6.37. The number of benzene rings is 1. The summed E-state index contributed by atoms with van der Waals surface area (Å²) < 4.78 is 2.03. The molecule has 6 nitrogen and oxygen atoms in total. The van der Waals surface area contributed by atoms with Crippen LogP contribution in [-0.2, 0) is 11.3 Å². The molecule has 0 N–H and O–H groups in total. The minimum absolute atomic E-state index is 0.352. The first-order valence-corrected chi connectivity index (χ1v) is 10.9. The van der Waals surface area contributed by atoms with Crippen LogP contribution in [0, 0.1) is 5.92 Å². The Morgan fingerprint density at radius 2 is 1.90 bits per heavy atom. The van der Waals surface area contributed by atoms with Gasteiger partial charge < -0.3 is 14.4 Å². The van der Waals surface area contributed by atoms with Gasteiger partial charge in [0.1, 0.15) is 0 Å². The van der Waals surface area contributed by atoms with Crippen LogP contribution in [0.2, 0.25) is 0 Å². The molecule has 2 aliphatic heterocycles. The van der Waals surface area contributed by atoms with E-state index >= 15 is 0 Å². The first kappa shape index (κ1) is 20.1. The topological polar surface area (TPSA) is 44.6 Å². The summed E-state index contributed by atoms with van der Waals surface area (Å²) in [5.41, 5.74) is 2.49. The molecule has 1 aromatic carbocycles. The van der Waals surface area contributed by atoms with Crippen molar-refractivity contribution in [2.24, 2.45) is 5.92 Å². The molecule has 29 heavy (non-hydrogen) atoms. The van der Waals surface area contributed by atoms with Gasteiger partial charge in [0.25, 0.3) is 0 Å². The number of piperazine rings is 1. The molecule has 0 unspecified atom stereocenters. The van der Waals surface area contributed by atoms with Crippen molar-refractivity contribution in [2.75, 3.05) is 46.3 Å². The first-order valence-electron chi connectivity index (χ1n) is 10.9. The number of carbonyl (C=O) groups is 1. The van der Waals surface area contributed by atoms with Gasteiger partial charge in [-0.25, -0.2) is 4.98 Å². The molecule has 2 aromatic rings. The highest BCUT2D eigenvalue weighted by Crippen LogP contribution is 2.23. The van der Waals surface area contributed by atoms with E-state index in [1.54, 1.807) is 6.20 Å². The third kappa shape index (κ3) is 5.46. The molecular weight excluding hydrogens is 362 g/mol. The molecular formula is C23H33N5O.